The fourth-order valence-corrected chi connectivity index (χ4v) is 3.72. The Kier molecular flexibility index (Phi) is 9.19. The number of thioether (sulfide) groups is 1. The lowest BCUT2D eigenvalue weighted by Gasteiger charge is -2.34. The Labute approximate surface area is 158 Å². The Morgan fingerprint density at radius 2 is 2.22 bits per heavy atom. The Balaban J connectivity index is 0.00000264. The van der Waals surface area contributed by atoms with Gasteiger partial charge in [-0.2, -0.15) is 11.8 Å². The van der Waals surface area contributed by atoms with Crippen molar-refractivity contribution in [2.24, 2.45) is 4.99 Å². The number of nitrogens with one attached hydrogen (secondary N) is 1. The van der Waals surface area contributed by atoms with E-state index in [1.54, 1.807) is 7.05 Å². The normalized spacial score (nSPS) is 18.5. The Morgan fingerprint density at radius 1 is 1.43 bits per heavy atom. The Morgan fingerprint density at radius 3 is 2.91 bits per heavy atom. The first-order chi connectivity index (χ1) is 10.6. The van der Waals surface area contributed by atoms with Crippen molar-refractivity contribution in [1.82, 2.24) is 10.2 Å². The first-order valence-electron chi connectivity index (χ1n) is 7.65. The largest absolute Gasteiger partial charge is 0.356 e. The average molecular weight is 455 g/mol. The molecule has 1 unspecified atom stereocenters. The fraction of sp³-hybridized carbons (Fsp3) is 0.562. The van der Waals surface area contributed by atoms with E-state index in [0.29, 0.717) is 23.8 Å². The SMILES string of the molecule is CCC1CN(C(=NC)NCCc2cc(F)ccc2F)CCS1.I. The highest BCUT2D eigenvalue weighted by Gasteiger charge is 2.21. The zero-order valence-electron chi connectivity index (χ0n) is 13.5. The number of hydrogen-bond donors (Lipinski definition) is 1. The van der Waals surface area contributed by atoms with Gasteiger partial charge in [0.15, 0.2) is 5.96 Å². The first kappa shape index (κ1) is 20.5. The maximum Gasteiger partial charge on any atom is 0.193 e. The van der Waals surface area contributed by atoms with Crippen LogP contribution in [0.25, 0.3) is 0 Å². The molecule has 0 spiro atoms. The molecular weight excluding hydrogens is 431 g/mol. The van der Waals surface area contributed by atoms with Crippen LogP contribution < -0.4 is 5.32 Å². The van der Waals surface area contributed by atoms with Crippen LogP contribution in [0.3, 0.4) is 0 Å². The zero-order chi connectivity index (χ0) is 15.9. The van der Waals surface area contributed by atoms with Crippen molar-refractivity contribution in [2.45, 2.75) is 25.0 Å². The number of nitrogens with zero attached hydrogens (tertiary/aromatic N) is 2. The smallest absolute Gasteiger partial charge is 0.193 e. The lowest BCUT2D eigenvalue weighted by molar-refractivity contribution is 0.408. The average Bonchev–Trinajstić information content (AvgIpc) is 2.54. The second kappa shape index (κ2) is 10.3. The summed E-state index contributed by atoms with van der Waals surface area (Å²) in [5.74, 6) is 1.17. The van der Waals surface area contributed by atoms with E-state index in [2.05, 4.69) is 22.1 Å². The van der Waals surface area contributed by atoms with Gasteiger partial charge in [-0.1, -0.05) is 6.92 Å². The summed E-state index contributed by atoms with van der Waals surface area (Å²) >= 11 is 2.00. The van der Waals surface area contributed by atoms with Gasteiger partial charge in [-0.3, -0.25) is 4.99 Å². The number of guanidine groups is 1. The van der Waals surface area contributed by atoms with Crippen LogP contribution in [0.1, 0.15) is 18.9 Å². The molecule has 1 atom stereocenters. The molecule has 0 bridgehead atoms. The number of benzene rings is 1. The van der Waals surface area contributed by atoms with Gasteiger partial charge in [-0.05, 0) is 36.6 Å². The molecule has 1 fully saturated rings. The van der Waals surface area contributed by atoms with Crippen molar-refractivity contribution in [2.75, 3.05) is 32.4 Å². The number of rotatable bonds is 4. The summed E-state index contributed by atoms with van der Waals surface area (Å²) in [5, 5.41) is 3.89. The highest BCUT2D eigenvalue weighted by molar-refractivity contribution is 14.0. The minimum Gasteiger partial charge on any atom is -0.356 e. The molecule has 7 heteroatoms. The van der Waals surface area contributed by atoms with Gasteiger partial charge >= 0.3 is 0 Å². The van der Waals surface area contributed by atoms with E-state index in [1.165, 1.54) is 12.1 Å². The molecule has 0 saturated carbocycles. The first-order valence-corrected chi connectivity index (χ1v) is 8.70. The lowest BCUT2D eigenvalue weighted by atomic mass is 10.1. The molecule has 0 amide bonds. The van der Waals surface area contributed by atoms with E-state index in [0.717, 1.165) is 37.3 Å². The van der Waals surface area contributed by atoms with Crippen molar-refractivity contribution in [3.05, 3.63) is 35.4 Å². The molecule has 0 aromatic heterocycles. The summed E-state index contributed by atoms with van der Waals surface area (Å²) in [6, 6.07) is 3.57. The monoisotopic (exact) mass is 455 g/mol. The summed E-state index contributed by atoms with van der Waals surface area (Å²) in [6.45, 7) is 4.68. The second-order valence-electron chi connectivity index (χ2n) is 5.31. The molecule has 1 aromatic rings. The zero-order valence-corrected chi connectivity index (χ0v) is 16.7. The van der Waals surface area contributed by atoms with Gasteiger partial charge in [0.2, 0.25) is 0 Å². The second-order valence-corrected chi connectivity index (χ2v) is 6.72. The third-order valence-corrected chi connectivity index (χ3v) is 5.16. The summed E-state index contributed by atoms with van der Waals surface area (Å²) in [7, 11) is 1.76. The third kappa shape index (κ3) is 6.10. The molecule has 1 heterocycles. The third-order valence-electron chi connectivity index (χ3n) is 3.79. The van der Waals surface area contributed by atoms with Crippen LogP contribution in [-0.2, 0) is 6.42 Å². The molecule has 23 heavy (non-hydrogen) atoms. The molecule has 0 aliphatic carbocycles. The maximum absolute atomic E-state index is 13.6. The minimum absolute atomic E-state index is 0. The lowest BCUT2D eigenvalue weighted by Crippen LogP contribution is -2.48. The summed E-state index contributed by atoms with van der Waals surface area (Å²) < 4.78 is 26.7. The number of halogens is 3. The predicted molar refractivity (Wildman–Crippen MR) is 105 cm³/mol. The molecular formula is C16H24F2IN3S. The van der Waals surface area contributed by atoms with Crippen molar-refractivity contribution < 1.29 is 8.78 Å². The number of hydrogen-bond acceptors (Lipinski definition) is 2. The predicted octanol–water partition coefficient (Wildman–Crippen LogP) is 3.53. The van der Waals surface area contributed by atoms with Crippen LogP contribution in [0.15, 0.2) is 23.2 Å². The molecule has 3 nitrogen and oxygen atoms in total. The molecule has 0 radical (unpaired) electrons. The minimum atomic E-state index is -0.403. The Hall–Kier alpha value is -0.570. The van der Waals surface area contributed by atoms with Crippen molar-refractivity contribution >= 4 is 41.7 Å². The fourth-order valence-electron chi connectivity index (χ4n) is 2.53. The van der Waals surface area contributed by atoms with Gasteiger partial charge in [0.1, 0.15) is 11.6 Å². The topological polar surface area (TPSA) is 27.6 Å². The van der Waals surface area contributed by atoms with Crippen molar-refractivity contribution in [1.29, 1.82) is 0 Å². The highest BCUT2D eigenvalue weighted by atomic mass is 127. The van der Waals surface area contributed by atoms with E-state index in [9.17, 15) is 8.78 Å². The van der Waals surface area contributed by atoms with E-state index in [1.807, 2.05) is 11.8 Å². The molecule has 1 aliphatic rings. The van der Waals surface area contributed by atoms with Crippen LogP contribution in [0.4, 0.5) is 8.78 Å². The van der Waals surface area contributed by atoms with Crippen molar-refractivity contribution in [3.8, 4) is 0 Å². The van der Waals surface area contributed by atoms with Gasteiger partial charge in [0.25, 0.3) is 0 Å². The van der Waals surface area contributed by atoms with Crippen LogP contribution in [-0.4, -0.2) is 48.5 Å². The standard InChI is InChI=1S/C16H23F2N3S.HI/c1-3-14-11-21(8-9-22-14)16(19-2)20-7-6-12-10-13(17)4-5-15(12)18;/h4-5,10,14H,3,6-9,11H2,1-2H3,(H,19,20);1H. The van der Waals surface area contributed by atoms with Crippen LogP contribution in [0.2, 0.25) is 0 Å². The Bertz CT molecular complexity index is 528. The van der Waals surface area contributed by atoms with E-state index >= 15 is 0 Å². The summed E-state index contributed by atoms with van der Waals surface area (Å²) in [5.41, 5.74) is 0.392. The van der Waals surface area contributed by atoms with Crippen LogP contribution in [0.5, 0.6) is 0 Å². The van der Waals surface area contributed by atoms with Gasteiger partial charge in [-0.15, -0.1) is 24.0 Å². The van der Waals surface area contributed by atoms with E-state index in [4.69, 9.17) is 0 Å². The van der Waals surface area contributed by atoms with Crippen LogP contribution >= 0.6 is 35.7 Å². The van der Waals surface area contributed by atoms with Gasteiger partial charge < -0.3 is 10.2 Å². The summed E-state index contributed by atoms with van der Waals surface area (Å²) in [6.07, 6.45) is 1.58. The quantitative estimate of drug-likeness (QED) is 0.428. The van der Waals surface area contributed by atoms with E-state index < -0.39 is 5.82 Å². The van der Waals surface area contributed by atoms with E-state index in [-0.39, 0.29) is 29.8 Å². The molecule has 2 rings (SSSR count). The van der Waals surface area contributed by atoms with Crippen LogP contribution in [0, 0.1) is 11.6 Å². The van der Waals surface area contributed by atoms with Crippen molar-refractivity contribution in [3.63, 3.8) is 0 Å². The van der Waals surface area contributed by atoms with Gasteiger partial charge in [-0.25, -0.2) is 8.78 Å². The molecule has 1 saturated heterocycles. The van der Waals surface area contributed by atoms with Gasteiger partial charge in [0.05, 0.1) is 0 Å². The summed E-state index contributed by atoms with van der Waals surface area (Å²) in [4.78, 5) is 6.55. The molecule has 1 aliphatic heterocycles. The number of aliphatic imine (C=N–C) groups is 1. The molecule has 130 valence electrons. The highest BCUT2D eigenvalue weighted by Crippen LogP contribution is 2.21. The molecule has 1 aromatic carbocycles. The van der Waals surface area contributed by atoms with Gasteiger partial charge in [0, 0.05) is 37.7 Å². The maximum atomic E-state index is 13.6. The molecule has 1 N–H and O–H groups in total.